The lowest BCUT2D eigenvalue weighted by molar-refractivity contribution is 0.158. The molecule has 2 aliphatic heterocycles. The van der Waals surface area contributed by atoms with E-state index < -0.39 is 0 Å². The van der Waals surface area contributed by atoms with E-state index in [9.17, 15) is 0 Å². The molecule has 1 N–H and O–H groups in total. The second-order valence-electron chi connectivity index (χ2n) is 5.55. The summed E-state index contributed by atoms with van der Waals surface area (Å²) in [5.41, 5.74) is 0. The number of likely N-dealkylation sites (tertiary alicyclic amines) is 1. The standard InChI is InChI=1S/C14H21BrN2S/c15-12-8-13(18-10-12)9-17-6-3-11(4-7-17)14-2-1-5-16-14/h8,10-11,14,16H,1-7,9H2. The molecule has 0 amide bonds. The van der Waals surface area contributed by atoms with Crippen LogP contribution in [-0.2, 0) is 6.54 Å². The predicted molar refractivity (Wildman–Crippen MR) is 81.0 cm³/mol. The first kappa shape index (κ1) is 13.1. The van der Waals surface area contributed by atoms with Crippen molar-refractivity contribution in [1.82, 2.24) is 10.2 Å². The van der Waals surface area contributed by atoms with E-state index in [0.717, 1.165) is 18.5 Å². The van der Waals surface area contributed by atoms with Gasteiger partial charge in [0, 0.05) is 27.3 Å². The number of piperidine rings is 1. The molecule has 0 saturated carbocycles. The van der Waals surface area contributed by atoms with Crippen LogP contribution in [-0.4, -0.2) is 30.6 Å². The van der Waals surface area contributed by atoms with Crippen molar-refractivity contribution in [3.05, 3.63) is 20.8 Å². The van der Waals surface area contributed by atoms with Crippen molar-refractivity contribution in [1.29, 1.82) is 0 Å². The maximum atomic E-state index is 3.67. The monoisotopic (exact) mass is 328 g/mol. The van der Waals surface area contributed by atoms with Gasteiger partial charge in [-0.15, -0.1) is 11.3 Å². The number of rotatable bonds is 3. The fourth-order valence-corrected chi connectivity index (χ4v) is 4.78. The SMILES string of the molecule is Brc1csc(CN2CCC(C3CCCN3)CC2)c1. The van der Waals surface area contributed by atoms with E-state index in [2.05, 4.69) is 37.6 Å². The van der Waals surface area contributed by atoms with Crippen LogP contribution < -0.4 is 5.32 Å². The van der Waals surface area contributed by atoms with Gasteiger partial charge in [-0.2, -0.15) is 0 Å². The Hall–Kier alpha value is 0.1000. The van der Waals surface area contributed by atoms with Crippen molar-refractivity contribution in [2.75, 3.05) is 19.6 Å². The zero-order valence-corrected chi connectivity index (χ0v) is 13.1. The van der Waals surface area contributed by atoms with Gasteiger partial charge in [0.25, 0.3) is 0 Å². The molecule has 0 bridgehead atoms. The lowest BCUT2D eigenvalue weighted by atomic mass is 9.88. The lowest BCUT2D eigenvalue weighted by Gasteiger charge is -2.34. The van der Waals surface area contributed by atoms with E-state index in [1.54, 1.807) is 0 Å². The van der Waals surface area contributed by atoms with Crippen LogP contribution in [0.1, 0.15) is 30.6 Å². The van der Waals surface area contributed by atoms with E-state index in [4.69, 9.17) is 0 Å². The fourth-order valence-electron chi connectivity index (χ4n) is 3.28. The molecule has 2 saturated heterocycles. The molecular weight excluding hydrogens is 308 g/mol. The highest BCUT2D eigenvalue weighted by Gasteiger charge is 2.28. The molecular formula is C14H21BrN2S. The van der Waals surface area contributed by atoms with Crippen LogP contribution in [0.2, 0.25) is 0 Å². The largest absolute Gasteiger partial charge is 0.314 e. The summed E-state index contributed by atoms with van der Waals surface area (Å²) >= 11 is 5.40. The molecule has 0 aliphatic carbocycles. The van der Waals surface area contributed by atoms with Gasteiger partial charge in [0.2, 0.25) is 0 Å². The van der Waals surface area contributed by atoms with E-state index in [0.29, 0.717) is 0 Å². The minimum Gasteiger partial charge on any atom is -0.314 e. The molecule has 4 heteroatoms. The Bertz CT molecular complexity index is 379. The summed E-state index contributed by atoms with van der Waals surface area (Å²) in [5.74, 6) is 0.929. The van der Waals surface area contributed by atoms with Gasteiger partial charge in [-0.3, -0.25) is 4.90 Å². The van der Waals surface area contributed by atoms with Gasteiger partial charge in [0.05, 0.1) is 0 Å². The van der Waals surface area contributed by atoms with Crippen molar-refractivity contribution in [2.45, 2.75) is 38.3 Å². The molecule has 18 heavy (non-hydrogen) atoms. The van der Waals surface area contributed by atoms with Crippen LogP contribution in [0.3, 0.4) is 0 Å². The number of hydrogen-bond acceptors (Lipinski definition) is 3. The Morgan fingerprint density at radius 2 is 2.17 bits per heavy atom. The van der Waals surface area contributed by atoms with Crippen LogP contribution in [0.5, 0.6) is 0 Å². The Labute approximate surface area is 122 Å². The topological polar surface area (TPSA) is 15.3 Å². The number of nitrogens with one attached hydrogen (secondary N) is 1. The highest BCUT2D eigenvalue weighted by molar-refractivity contribution is 9.10. The molecule has 2 fully saturated rings. The van der Waals surface area contributed by atoms with Gasteiger partial charge < -0.3 is 5.32 Å². The highest BCUT2D eigenvalue weighted by atomic mass is 79.9. The van der Waals surface area contributed by atoms with Crippen molar-refractivity contribution in [2.24, 2.45) is 5.92 Å². The first-order valence-corrected chi connectivity index (χ1v) is 8.67. The van der Waals surface area contributed by atoms with Crippen LogP contribution >= 0.6 is 27.3 Å². The third kappa shape index (κ3) is 3.16. The maximum Gasteiger partial charge on any atom is 0.0328 e. The summed E-state index contributed by atoms with van der Waals surface area (Å²) < 4.78 is 1.23. The van der Waals surface area contributed by atoms with Crippen molar-refractivity contribution in [3.8, 4) is 0 Å². The molecule has 1 aromatic heterocycles. The zero-order chi connectivity index (χ0) is 12.4. The number of nitrogens with zero attached hydrogens (tertiary/aromatic N) is 1. The average Bonchev–Trinajstić information content (AvgIpc) is 3.02. The summed E-state index contributed by atoms with van der Waals surface area (Å²) in [6.45, 7) is 4.94. The van der Waals surface area contributed by atoms with Crippen molar-refractivity contribution in [3.63, 3.8) is 0 Å². The third-order valence-corrected chi connectivity index (χ3v) is 5.98. The summed E-state index contributed by atoms with van der Waals surface area (Å²) in [5, 5.41) is 5.86. The fraction of sp³-hybridized carbons (Fsp3) is 0.714. The van der Waals surface area contributed by atoms with Crippen LogP contribution in [0, 0.1) is 5.92 Å². The van der Waals surface area contributed by atoms with Gasteiger partial charge in [-0.05, 0) is 73.2 Å². The minimum absolute atomic E-state index is 0.822. The summed E-state index contributed by atoms with van der Waals surface area (Å²) in [6.07, 6.45) is 5.55. The van der Waals surface area contributed by atoms with E-state index >= 15 is 0 Å². The predicted octanol–water partition coefficient (Wildman–Crippen LogP) is 3.47. The number of halogens is 1. The molecule has 1 aromatic rings. The Morgan fingerprint density at radius 1 is 1.33 bits per heavy atom. The molecule has 3 rings (SSSR count). The van der Waals surface area contributed by atoms with Crippen LogP contribution in [0.25, 0.3) is 0 Å². The molecule has 0 aromatic carbocycles. The number of hydrogen-bond donors (Lipinski definition) is 1. The molecule has 0 radical (unpaired) electrons. The van der Waals surface area contributed by atoms with Gasteiger partial charge in [0.15, 0.2) is 0 Å². The third-order valence-electron chi connectivity index (χ3n) is 4.30. The Morgan fingerprint density at radius 3 is 2.78 bits per heavy atom. The Balaban J connectivity index is 1.47. The minimum atomic E-state index is 0.822. The average molecular weight is 329 g/mol. The van der Waals surface area contributed by atoms with Gasteiger partial charge in [-0.1, -0.05) is 0 Å². The second-order valence-corrected chi connectivity index (χ2v) is 7.46. The maximum absolute atomic E-state index is 3.67. The molecule has 100 valence electrons. The van der Waals surface area contributed by atoms with Crippen molar-refractivity contribution < 1.29 is 0 Å². The van der Waals surface area contributed by atoms with E-state index in [1.807, 2.05) is 11.3 Å². The molecule has 2 aliphatic rings. The van der Waals surface area contributed by atoms with Gasteiger partial charge in [-0.25, -0.2) is 0 Å². The Kier molecular flexibility index (Phi) is 4.39. The summed E-state index contributed by atoms with van der Waals surface area (Å²) in [6, 6.07) is 3.08. The lowest BCUT2D eigenvalue weighted by Crippen LogP contribution is -2.40. The molecule has 0 spiro atoms. The van der Waals surface area contributed by atoms with E-state index in [1.165, 1.54) is 54.7 Å². The van der Waals surface area contributed by atoms with E-state index in [-0.39, 0.29) is 0 Å². The van der Waals surface area contributed by atoms with Crippen LogP contribution in [0.4, 0.5) is 0 Å². The first-order chi connectivity index (χ1) is 8.81. The number of thiophene rings is 1. The molecule has 2 nitrogen and oxygen atoms in total. The smallest absolute Gasteiger partial charge is 0.0328 e. The van der Waals surface area contributed by atoms with Crippen molar-refractivity contribution >= 4 is 27.3 Å². The molecule has 3 heterocycles. The highest BCUT2D eigenvalue weighted by Crippen LogP contribution is 2.27. The molecule has 1 atom stereocenters. The molecule has 1 unspecified atom stereocenters. The van der Waals surface area contributed by atoms with Crippen LogP contribution in [0.15, 0.2) is 15.9 Å². The first-order valence-electron chi connectivity index (χ1n) is 7.00. The summed E-state index contributed by atoms with van der Waals surface area (Å²) in [4.78, 5) is 4.10. The normalized spacial score (nSPS) is 26.8. The quantitative estimate of drug-likeness (QED) is 0.913. The second kappa shape index (κ2) is 6.04. The van der Waals surface area contributed by atoms with Gasteiger partial charge in [0.1, 0.15) is 0 Å². The summed E-state index contributed by atoms with van der Waals surface area (Å²) in [7, 11) is 0. The zero-order valence-electron chi connectivity index (χ0n) is 10.7. The van der Waals surface area contributed by atoms with Gasteiger partial charge >= 0.3 is 0 Å².